The van der Waals surface area contributed by atoms with Crippen LogP contribution < -0.4 is 20.7 Å². The Morgan fingerprint density at radius 3 is 2.51 bits per heavy atom. The molecule has 10 heteroatoms. The molecule has 3 amide bonds. The number of primary amides is 1. The van der Waals surface area contributed by atoms with Crippen molar-refractivity contribution in [1.29, 1.82) is 0 Å². The zero-order valence-corrected chi connectivity index (χ0v) is 24.0. The normalized spacial score (nSPS) is 17.3. The first-order valence-corrected chi connectivity index (χ1v) is 13.5. The summed E-state index contributed by atoms with van der Waals surface area (Å²) >= 11 is 6.43. The zero-order chi connectivity index (χ0) is 29.4. The van der Waals surface area contributed by atoms with Gasteiger partial charge in [-0.05, 0) is 75.2 Å². The number of carbonyl (C=O) groups excluding carboxylic acids is 3. The quantitative estimate of drug-likeness (QED) is 0.335. The molecule has 208 valence electrons. The molecule has 41 heavy (non-hydrogen) atoms. The van der Waals surface area contributed by atoms with E-state index < -0.39 is 17.4 Å². The lowest BCUT2D eigenvalue weighted by molar-refractivity contribution is -0.119. The van der Waals surface area contributed by atoms with Crippen molar-refractivity contribution in [3.63, 3.8) is 0 Å². The van der Waals surface area contributed by atoms with Gasteiger partial charge in [-0.15, -0.1) is 0 Å². The number of aromatic nitrogens is 2. The molecule has 3 N–H and O–H groups in total. The Morgan fingerprint density at radius 1 is 1.07 bits per heavy atom. The molecule has 4 aromatic rings. The van der Waals surface area contributed by atoms with Crippen LogP contribution in [0.5, 0.6) is 5.75 Å². The summed E-state index contributed by atoms with van der Waals surface area (Å²) < 4.78 is 7.54. The number of hydrogen-bond donors (Lipinski definition) is 2. The van der Waals surface area contributed by atoms with Gasteiger partial charge in [0.2, 0.25) is 5.91 Å². The third-order valence-electron chi connectivity index (χ3n) is 7.79. The number of nitrogens with one attached hydrogen (secondary N) is 1. The maximum Gasteiger partial charge on any atom is 0.280 e. The molecule has 1 unspecified atom stereocenters. The number of fused-ring (bicyclic) bond motifs is 4. The number of anilines is 2. The number of halogens is 1. The van der Waals surface area contributed by atoms with Crippen molar-refractivity contribution in [3.05, 3.63) is 93.3 Å². The highest BCUT2D eigenvalue weighted by molar-refractivity contribution is 6.31. The van der Waals surface area contributed by atoms with Crippen molar-refractivity contribution < 1.29 is 19.1 Å². The molecule has 0 fully saturated rings. The van der Waals surface area contributed by atoms with Gasteiger partial charge in [-0.25, -0.2) is 4.98 Å². The van der Waals surface area contributed by atoms with E-state index >= 15 is 0 Å². The van der Waals surface area contributed by atoms with E-state index in [-0.39, 0.29) is 23.2 Å². The molecule has 1 atom stereocenters. The largest absolute Gasteiger partial charge is 0.496 e. The van der Waals surface area contributed by atoms with Crippen LogP contribution in [-0.4, -0.2) is 34.4 Å². The van der Waals surface area contributed by atoms with Gasteiger partial charge in [-0.1, -0.05) is 29.8 Å². The Bertz CT molecular complexity index is 1810. The van der Waals surface area contributed by atoms with Gasteiger partial charge in [0.05, 0.1) is 24.1 Å². The van der Waals surface area contributed by atoms with Crippen molar-refractivity contribution in [3.8, 4) is 17.1 Å². The van der Waals surface area contributed by atoms with Crippen LogP contribution >= 0.6 is 11.6 Å². The number of amides is 3. The first-order valence-electron chi connectivity index (χ1n) is 13.1. The second-order valence-corrected chi connectivity index (χ2v) is 11.1. The van der Waals surface area contributed by atoms with Gasteiger partial charge in [0, 0.05) is 27.9 Å². The van der Waals surface area contributed by atoms with Gasteiger partial charge in [-0.2, -0.15) is 0 Å². The van der Waals surface area contributed by atoms with Crippen LogP contribution in [0.1, 0.15) is 63.1 Å². The third kappa shape index (κ3) is 3.62. The lowest BCUT2D eigenvalue weighted by atomic mass is 9.86. The number of benzene rings is 3. The highest BCUT2D eigenvalue weighted by Crippen LogP contribution is 2.55. The van der Waals surface area contributed by atoms with E-state index in [2.05, 4.69) is 5.32 Å². The van der Waals surface area contributed by atoms with Crippen molar-refractivity contribution in [2.24, 2.45) is 5.73 Å². The second kappa shape index (κ2) is 9.21. The summed E-state index contributed by atoms with van der Waals surface area (Å²) in [6, 6.07) is 15.6. The van der Waals surface area contributed by atoms with Gasteiger partial charge in [0.1, 0.15) is 11.6 Å². The standard InChI is InChI=1S/C31H28ClN5O4/c1-15(2)36-26-25(35-28(36)20-10-8-18(27(33)38)13-24(20)41-5)29(39)37(23-14-19(32)9-7-17(23)4)31(26)21-11-6-16(3)12-22(21)34-30(31)40/h6-15H,1-5H3,(H2,33,38)(H,34,40). The maximum atomic E-state index is 14.5. The molecule has 9 nitrogen and oxygen atoms in total. The number of nitrogens with two attached hydrogens (primary N) is 1. The Kier molecular flexibility index (Phi) is 5.97. The summed E-state index contributed by atoms with van der Waals surface area (Å²) in [5, 5.41) is 3.48. The fraction of sp³-hybridized carbons (Fsp3) is 0.226. The number of rotatable bonds is 5. The van der Waals surface area contributed by atoms with Crippen LogP contribution in [0.2, 0.25) is 5.02 Å². The Hall–Kier alpha value is -4.63. The van der Waals surface area contributed by atoms with Crippen LogP contribution in [0.3, 0.4) is 0 Å². The van der Waals surface area contributed by atoms with Gasteiger partial charge in [0.15, 0.2) is 11.2 Å². The molecule has 2 aliphatic rings. The predicted molar refractivity (Wildman–Crippen MR) is 157 cm³/mol. The summed E-state index contributed by atoms with van der Waals surface area (Å²) in [7, 11) is 1.49. The molecule has 0 saturated heterocycles. The molecule has 0 aliphatic carbocycles. The summed E-state index contributed by atoms with van der Waals surface area (Å²) in [6.07, 6.45) is 0. The molecule has 0 radical (unpaired) electrons. The molecular weight excluding hydrogens is 542 g/mol. The first-order chi connectivity index (χ1) is 19.5. The Morgan fingerprint density at radius 2 is 1.83 bits per heavy atom. The molecule has 1 aromatic heterocycles. The lowest BCUT2D eigenvalue weighted by Gasteiger charge is -2.36. The summed E-state index contributed by atoms with van der Waals surface area (Å²) in [6.45, 7) is 7.74. The van der Waals surface area contributed by atoms with Gasteiger partial charge in [0.25, 0.3) is 11.8 Å². The van der Waals surface area contributed by atoms with Crippen LogP contribution in [0.15, 0.2) is 54.6 Å². The highest BCUT2D eigenvalue weighted by atomic mass is 35.5. The van der Waals surface area contributed by atoms with Crippen LogP contribution in [-0.2, 0) is 10.3 Å². The average molecular weight is 570 g/mol. The summed E-state index contributed by atoms with van der Waals surface area (Å²) in [5.41, 5.74) is 8.91. The summed E-state index contributed by atoms with van der Waals surface area (Å²) in [5.74, 6) is -0.596. The van der Waals surface area contributed by atoms with Crippen molar-refractivity contribution in [1.82, 2.24) is 9.55 Å². The second-order valence-electron chi connectivity index (χ2n) is 10.7. The fourth-order valence-corrected chi connectivity index (χ4v) is 6.16. The molecule has 6 rings (SSSR count). The zero-order valence-electron chi connectivity index (χ0n) is 23.2. The fourth-order valence-electron chi connectivity index (χ4n) is 6.00. The SMILES string of the molecule is COc1cc(C(N)=O)ccc1-c1nc2c(n1C(C)C)C1(C(=O)Nc3cc(C)ccc31)N(c1cc(Cl)ccc1C)C2=O. The van der Waals surface area contributed by atoms with Crippen LogP contribution in [0.25, 0.3) is 11.4 Å². The van der Waals surface area contributed by atoms with E-state index in [4.69, 9.17) is 27.1 Å². The molecule has 2 aliphatic heterocycles. The Balaban J connectivity index is 1.72. The van der Waals surface area contributed by atoms with Crippen molar-refractivity contribution in [2.75, 3.05) is 17.3 Å². The van der Waals surface area contributed by atoms with Crippen molar-refractivity contribution in [2.45, 2.75) is 39.3 Å². The number of nitrogens with zero attached hydrogens (tertiary/aromatic N) is 3. The van der Waals surface area contributed by atoms with Crippen molar-refractivity contribution >= 4 is 40.7 Å². The van der Waals surface area contributed by atoms with E-state index in [0.717, 1.165) is 11.1 Å². The number of carbonyl (C=O) groups is 3. The van der Waals surface area contributed by atoms with E-state index in [1.165, 1.54) is 12.0 Å². The minimum atomic E-state index is -1.55. The van der Waals surface area contributed by atoms with Gasteiger partial charge >= 0.3 is 0 Å². The minimum Gasteiger partial charge on any atom is -0.496 e. The molecule has 0 bridgehead atoms. The van der Waals surface area contributed by atoms with E-state index in [1.54, 1.807) is 30.3 Å². The van der Waals surface area contributed by atoms with E-state index in [1.807, 2.05) is 56.5 Å². The first kappa shape index (κ1) is 26.6. The van der Waals surface area contributed by atoms with E-state index in [0.29, 0.717) is 44.8 Å². The number of aryl methyl sites for hydroxylation is 2. The molecule has 3 aromatic carbocycles. The lowest BCUT2D eigenvalue weighted by Crippen LogP contribution is -2.51. The molecule has 1 spiro atoms. The Labute approximate surface area is 241 Å². The number of hydrogen-bond acceptors (Lipinski definition) is 5. The number of methoxy groups -OCH3 is 1. The molecular formula is C31H28ClN5O4. The van der Waals surface area contributed by atoms with Crippen LogP contribution in [0, 0.1) is 13.8 Å². The van der Waals surface area contributed by atoms with Crippen LogP contribution in [0.4, 0.5) is 11.4 Å². The average Bonchev–Trinajstić information content (AvgIpc) is 3.53. The topological polar surface area (TPSA) is 120 Å². The number of ether oxygens (including phenoxy) is 1. The minimum absolute atomic E-state index is 0.151. The van der Waals surface area contributed by atoms with Gasteiger partial charge in [-0.3, -0.25) is 19.3 Å². The molecule has 0 saturated carbocycles. The monoisotopic (exact) mass is 569 g/mol. The van der Waals surface area contributed by atoms with Gasteiger partial charge < -0.3 is 20.4 Å². The third-order valence-corrected chi connectivity index (χ3v) is 8.03. The summed E-state index contributed by atoms with van der Waals surface area (Å²) in [4.78, 5) is 47.1. The molecule has 3 heterocycles. The van der Waals surface area contributed by atoms with E-state index in [9.17, 15) is 14.4 Å². The number of imidazole rings is 1. The highest BCUT2D eigenvalue weighted by Gasteiger charge is 2.64. The maximum absolute atomic E-state index is 14.5. The predicted octanol–water partition coefficient (Wildman–Crippen LogP) is 5.36. The smallest absolute Gasteiger partial charge is 0.280 e.